The molecule has 2 aromatic rings. The summed E-state index contributed by atoms with van der Waals surface area (Å²) in [4.78, 5) is 31.2. The van der Waals surface area contributed by atoms with Crippen molar-refractivity contribution >= 4 is 34.9 Å². The number of halogens is 2. The SMILES string of the molecule is CCC(=O)OC.CCN(CC)CCN1C(=O)CN=C(c2ccccc2F)c2cc(Cl)ccc21. The summed E-state index contributed by atoms with van der Waals surface area (Å²) in [7, 11) is 1.38. The van der Waals surface area contributed by atoms with E-state index in [4.69, 9.17) is 11.6 Å². The van der Waals surface area contributed by atoms with E-state index in [0.29, 0.717) is 34.8 Å². The molecule has 6 nitrogen and oxygen atoms in total. The molecule has 2 aromatic carbocycles. The van der Waals surface area contributed by atoms with Gasteiger partial charge >= 0.3 is 5.97 Å². The quantitative estimate of drug-likeness (QED) is 0.550. The van der Waals surface area contributed by atoms with Gasteiger partial charge in [-0.1, -0.05) is 44.5 Å². The van der Waals surface area contributed by atoms with E-state index >= 15 is 0 Å². The van der Waals surface area contributed by atoms with Crippen LogP contribution in [-0.4, -0.2) is 62.3 Å². The molecular weight excluding hydrogens is 445 g/mol. The lowest BCUT2D eigenvalue weighted by molar-refractivity contribution is -0.140. The summed E-state index contributed by atoms with van der Waals surface area (Å²) in [5, 5.41) is 0.524. The van der Waals surface area contributed by atoms with Gasteiger partial charge in [-0.3, -0.25) is 14.6 Å². The van der Waals surface area contributed by atoms with E-state index in [0.717, 1.165) is 25.3 Å². The first-order valence-electron chi connectivity index (χ1n) is 11.0. The number of benzene rings is 2. The Kier molecular flexibility index (Phi) is 10.5. The fraction of sp³-hybridized carbons (Fsp3) is 0.400. The molecule has 0 fully saturated rings. The Bertz CT molecular complexity index is 987. The molecule has 8 heteroatoms. The number of methoxy groups -OCH3 is 1. The van der Waals surface area contributed by atoms with E-state index in [1.54, 1.807) is 42.2 Å². The Balaban J connectivity index is 0.000000569. The number of nitrogens with zero attached hydrogens (tertiary/aromatic N) is 3. The molecule has 0 spiro atoms. The fourth-order valence-electron chi connectivity index (χ4n) is 3.44. The van der Waals surface area contributed by atoms with Gasteiger partial charge in [-0.25, -0.2) is 4.39 Å². The Morgan fingerprint density at radius 1 is 1.15 bits per heavy atom. The molecule has 0 unspecified atom stereocenters. The van der Waals surface area contributed by atoms with Gasteiger partial charge in [-0.15, -0.1) is 0 Å². The Labute approximate surface area is 200 Å². The maximum absolute atomic E-state index is 14.4. The number of rotatable bonds is 7. The molecule has 3 rings (SSSR count). The molecule has 1 heterocycles. The molecule has 178 valence electrons. The van der Waals surface area contributed by atoms with Gasteiger partial charge in [0.25, 0.3) is 0 Å². The van der Waals surface area contributed by atoms with E-state index in [2.05, 4.69) is 28.5 Å². The third-order valence-electron chi connectivity index (χ3n) is 5.36. The molecule has 0 aliphatic carbocycles. The number of likely N-dealkylation sites (N-methyl/N-ethyl adjacent to an activating group) is 1. The van der Waals surface area contributed by atoms with Crippen LogP contribution >= 0.6 is 11.6 Å². The number of anilines is 1. The average Bonchev–Trinajstić information content (AvgIpc) is 2.96. The highest BCUT2D eigenvalue weighted by atomic mass is 35.5. The van der Waals surface area contributed by atoms with E-state index in [9.17, 15) is 14.0 Å². The minimum absolute atomic E-state index is 0.0196. The zero-order valence-corrected chi connectivity index (χ0v) is 20.4. The van der Waals surface area contributed by atoms with Gasteiger partial charge in [0.05, 0.1) is 18.5 Å². The van der Waals surface area contributed by atoms with Crippen LogP contribution in [0.2, 0.25) is 5.02 Å². The number of hydrogen-bond acceptors (Lipinski definition) is 5. The second-order valence-corrected chi connectivity index (χ2v) is 7.74. The van der Waals surface area contributed by atoms with Gasteiger partial charge in [0, 0.05) is 35.7 Å². The molecule has 0 saturated carbocycles. The summed E-state index contributed by atoms with van der Waals surface area (Å²) in [5.41, 5.74) is 2.23. The normalized spacial score (nSPS) is 13.0. The van der Waals surface area contributed by atoms with Crippen molar-refractivity contribution in [2.24, 2.45) is 4.99 Å². The van der Waals surface area contributed by atoms with Crippen molar-refractivity contribution in [1.29, 1.82) is 0 Å². The first-order chi connectivity index (χ1) is 15.9. The molecule has 1 aliphatic rings. The van der Waals surface area contributed by atoms with Crippen molar-refractivity contribution in [3.8, 4) is 0 Å². The first-order valence-corrected chi connectivity index (χ1v) is 11.4. The lowest BCUT2D eigenvalue weighted by atomic mass is 9.99. The fourth-order valence-corrected chi connectivity index (χ4v) is 3.61. The van der Waals surface area contributed by atoms with Crippen LogP contribution in [0.3, 0.4) is 0 Å². The molecule has 1 amide bonds. The van der Waals surface area contributed by atoms with Crippen LogP contribution in [0, 0.1) is 5.82 Å². The zero-order valence-electron chi connectivity index (χ0n) is 19.6. The van der Waals surface area contributed by atoms with Crippen LogP contribution in [0.4, 0.5) is 10.1 Å². The molecule has 0 atom stereocenters. The van der Waals surface area contributed by atoms with Crippen LogP contribution in [0.15, 0.2) is 47.5 Å². The molecule has 0 aromatic heterocycles. The Morgan fingerprint density at radius 2 is 1.85 bits per heavy atom. The highest BCUT2D eigenvalue weighted by Crippen LogP contribution is 2.30. The van der Waals surface area contributed by atoms with Gasteiger partial charge < -0.3 is 14.5 Å². The highest BCUT2D eigenvalue weighted by Gasteiger charge is 2.26. The number of carbonyl (C=O) groups excluding carboxylic acids is 2. The van der Waals surface area contributed by atoms with Gasteiger partial charge in [-0.2, -0.15) is 0 Å². The zero-order chi connectivity index (χ0) is 24.4. The minimum atomic E-state index is -0.369. The minimum Gasteiger partial charge on any atom is -0.469 e. The Hall–Kier alpha value is -2.77. The first kappa shape index (κ1) is 26.5. The standard InChI is InChI=1S/C21H23ClFN3O.C4H8O2/c1-3-25(4-2)11-12-26-19-10-9-15(22)13-17(19)21(24-14-20(26)27)16-7-5-6-8-18(16)23;1-3-4(5)6-2/h5-10,13H,3-4,11-12,14H2,1-2H3;3H2,1-2H3. The van der Waals surface area contributed by atoms with Gasteiger partial charge in [0.2, 0.25) is 5.91 Å². The number of ether oxygens (including phenoxy) is 1. The summed E-state index contributed by atoms with van der Waals surface area (Å²) >= 11 is 6.22. The molecule has 0 N–H and O–H groups in total. The van der Waals surface area contributed by atoms with E-state index in [-0.39, 0.29) is 24.2 Å². The van der Waals surface area contributed by atoms with Gasteiger partial charge in [0.15, 0.2) is 0 Å². The van der Waals surface area contributed by atoms with E-state index < -0.39 is 0 Å². The number of esters is 1. The lowest BCUT2D eigenvalue weighted by Crippen LogP contribution is -2.39. The molecule has 0 radical (unpaired) electrons. The van der Waals surface area contributed by atoms with Crippen LogP contribution in [0.25, 0.3) is 0 Å². The van der Waals surface area contributed by atoms with Crippen LogP contribution < -0.4 is 4.90 Å². The van der Waals surface area contributed by atoms with Gasteiger partial charge in [0.1, 0.15) is 12.4 Å². The molecular formula is C25H31ClFN3O3. The second kappa shape index (κ2) is 13.1. The van der Waals surface area contributed by atoms with Gasteiger partial charge in [-0.05, 0) is 43.4 Å². The largest absolute Gasteiger partial charge is 0.469 e. The van der Waals surface area contributed by atoms with Crippen LogP contribution in [0.5, 0.6) is 0 Å². The molecule has 0 saturated heterocycles. The smallest absolute Gasteiger partial charge is 0.305 e. The van der Waals surface area contributed by atoms with Crippen molar-refractivity contribution in [2.45, 2.75) is 27.2 Å². The number of carbonyl (C=O) groups is 2. The van der Waals surface area contributed by atoms with E-state index in [1.165, 1.54) is 13.2 Å². The predicted octanol–water partition coefficient (Wildman–Crippen LogP) is 4.57. The second-order valence-electron chi connectivity index (χ2n) is 7.31. The van der Waals surface area contributed by atoms with E-state index in [1.807, 2.05) is 6.07 Å². The summed E-state index contributed by atoms with van der Waals surface area (Å²) in [6.07, 6.45) is 0.469. The monoisotopic (exact) mass is 475 g/mol. The van der Waals surface area contributed by atoms with Crippen molar-refractivity contribution in [3.63, 3.8) is 0 Å². The van der Waals surface area contributed by atoms with Crippen molar-refractivity contribution in [3.05, 3.63) is 64.4 Å². The van der Waals surface area contributed by atoms with Crippen molar-refractivity contribution < 1.29 is 18.7 Å². The number of aliphatic imine (C=N–C) groups is 1. The number of amides is 1. The number of hydrogen-bond donors (Lipinski definition) is 0. The molecule has 0 bridgehead atoms. The topological polar surface area (TPSA) is 62.2 Å². The lowest BCUT2D eigenvalue weighted by Gasteiger charge is -2.27. The predicted molar refractivity (Wildman–Crippen MR) is 131 cm³/mol. The Morgan fingerprint density at radius 3 is 2.42 bits per heavy atom. The summed E-state index contributed by atoms with van der Waals surface area (Å²) in [6.45, 7) is 9.08. The summed E-state index contributed by atoms with van der Waals surface area (Å²) in [6, 6.07) is 11.8. The summed E-state index contributed by atoms with van der Waals surface area (Å²) in [5.74, 6) is -0.627. The van der Waals surface area contributed by atoms with Crippen LogP contribution in [0.1, 0.15) is 38.3 Å². The van der Waals surface area contributed by atoms with Crippen LogP contribution in [-0.2, 0) is 14.3 Å². The molecule has 33 heavy (non-hydrogen) atoms. The summed E-state index contributed by atoms with van der Waals surface area (Å²) < 4.78 is 18.7. The number of benzodiazepines with no additional fused rings is 1. The third kappa shape index (κ3) is 7.11. The molecule has 1 aliphatic heterocycles. The average molecular weight is 476 g/mol. The number of fused-ring (bicyclic) bond motifs is 1. The van der Waals surface area contributed by atoms with Crippen molar-refractivity contribution in [2.75, 3.05) is 44.7 Å². The maximum atomic E-state index is 14.4. The maximum Gasteiger partial charge on any atom is 0.305 e. The van der Waals surface area contributed by atoms with Crippen molar-refractivity contribution in [1.82, 2.24) is 4.90 Å². The highest BCUT2D eigenvalue weighted by molar-refractivity contribution is 6.32. The third-order valence-corrected chi connectivity index (χ3v) is 5.59.